The second-order valence-electron chi connectivity index (χ2n) is 9.38. The Morgan fingerprint density at radius 1 is 1.00 bits per heavy atom. The first-order chi connectivity index (χ1) is 19.7. The molecule has 1 atom stereocenters. The number of nitrogens with zero attached hydrogens (tertiary/aromatic N) is 1. The Bertz CT molecular complexity index is 1840. The third kappa shape index (κ3) is 6.03. The van der Waals surface area contributed by atoms with E-state index in [0.29, 0.717) is 40.8 Å². The van der Waals surface area contributed by atoms with Gasteiger partial charge in [-0.25, -0.2) is 4.79 Å². The number of aliphatic hydroxyl groups is 1. The number of fused-ring (bicyclic) bond motifs is 2. The minimum Gasteiger partial charge on any atom is -0.511 e. The molecule has 0 radical (unpaired) electrons. The molecule has 0 saturated carbocycles. The molecule has 0 amide bonds. The van der Waals surface area contributed by atoms with Crippen LogP contribution in [0.15, 0.2) is 73.6 Å². The topological polar surface area (TPSA) is 179 Å². The maximum atomic E-state index is 13.1. The molecule has 0 aliphatic rings. The zero-order valence-electron chi connectivity index (χ0n) is 22.4. The van der Waals surface area contributed by atoms with Crippen LogP contribution in [0.2, 0.25) is 0 Å². The summed E-state index contributed by atoms with van der Waals surface area (Å²) in [5.74, 6) is -3.26. The molecule has 0 bridgehead atoms. The lowest BCUT2D eigenvalue weighted by atomic mass is 9.92. The number of aliphatic imine (C=N–C) groups is 1. The number of nitrogens with one attached hydrogen (secondary N) is 2. The van der Waals surface area contributed by atoms with Gasteiger partial charge >= 0.3 is 11.9 Å². The quantitative estimate of drug-likeness (QED) is 0.0886. The fourth-order valence-electron chi connectivity index (χ4n) is 4.85. The highest BCUT2D eigenvalue weighted by atomic mass is 16.4. The van der Waals surface area contributed by atoms with Crippen molar-refractivity contribution in [2.75, 3.05) is 20.6 Å². The van der Waals surface area contributed by atoms with Crippen LogP contribution in [-0.2, 0) is 4.79 Å². The van der Waals surface area contributed by atoms with Gasteiger partial charge in [-0.3, -0.25) is 19.4 Å². The van der Waals surface area contributed by atoms with Gasteiger partial charge in [0.2, 0.25) is 0 Å². The second kappa shape index (κ2) is 12.3. The third-order valence-corrected chi connectivity index (χ3v) is 6.81. The predicted molar refractivity (Wildman–Crippen MR) is 155 cm³/mol. The molecule has 0 spiro atoms. The molecule has 11 nitrogen and oxygen atoms in total. The van der Waals surface area contributed by atoms with Crippen LogP contribution in [0.5, 0.6) is 0 Å². The van der Waals surface area contributed by atoms with E-state index in [1.54, 1.807) is 32.3 Å². The van der Waals surface area contributed by atoms with E-state index in [0.717, 1.165) is 0 Å². The van der Waals surface area contributed by atoms with Crippen molar-refractivity contribution < 1.29 is 29.3 Å². The lowest BCUT2D eigenvalue weighted by molar-refractivity contribution is -0.141. The summed E-state index contributed by atoms with van der Waals surface area (Å²) in [6.45, 7) is 0.435. The van der Waals surface area contributed by atoms with E-state index in [2.05, 4.69) is 15.6 Å². The molecule has 0 aliphatic carbocycles. The van der Waals surface area contributed by atoms with Crippen LogP contribution in [0.25, 0.3) is 38.8 Å². The number of guanidine groups is 1. The Morgan fingerprint density at radius 3 is 2.41 bits per heavy atom. The number of carbonyl (C=O) groups is 2. The lowest BCUT2D eigenvalue weighted by Gasteiger charge is -2.15. The molecule has 11 heteroatoms. The standard InChI is InChI=1S/C30H29N3O8/c1-31-30(32-2)33-13-5-6-16(28(37)38)14-23(36)26-22(35)12-11-21-25(18-7-3-4-8-19(18)29(39)40)20-10-9-17(34)15-24(20)41-27(21)26/h3-4,7-12,15-16,36H,5-6,13-14H2,1-2H3,(H,37,38)(H,39,40)(H2,31,32,33)/t16-/m1/s1. The predicted octanol–water partition coefficient (Wildman–Crippen LogP) is 2.72. The van der Waals surface area contributed by atoms with Gasteiger partial charge in [0.1, 0.15) is 22.1 Å². The van der Waals surface area contributed by atoms with Crippen LogP contribution >= 0.6 is 0 Å². The zero-order valence-corrected chi connectivity index (χ0v) is 22.4. The fraction of sp³-hybridized carbons (Fsp3) is 0.233. The summed E-state index contributed by atoms with van der Waals surface area (Å²) in [5, 5.41) is 37.3. The summed E-state index contributed by atoms with van der Waals surface area (Å²) in [4.78, 5) is 53.4. The van der Waals surface area contributed by atoms with Gasteiger partial charge in [0.15, 0.2) is 16.8 Å². The molecule has 4 rings (SSSR count). The molecular weight excluding hydrogens is 530 g/mol. The Labute approximate surface area is 233 Å². The van der Waals surface area contributed by atoms with E-state index >= 15 is 0 Å². The molecule has 212 valence electrons. The number of benzene rings is 3. The van der Waals surface area contributed by atoms with Crippen LogP contribution in [0.3, 0.4) is 0 Å². The average molecular weight is 560 g/mol. The van der Waals surface area contributed by atoms with E-state index in [1.807, 2.05) is 0 Å². The molecule has 0 saturated heterocycles. The van der Waals surface area contributed by atoms with Crippen molar-refractivity contribution in [3.05, 3.63) is 85.8 Å². The first-order valence-electron chi connectivity index (χ1n) is 12.9. The molecule has 3 aromatic carbocycles. The summed E-state index contributed by atoms with van der Waals surface area (Å²) in [7, 11) is 3.30. The molecular formula is C30H29N3O8. The number of hydrogen-bond acceptors (Lipinski definition) is 7. The highest BCUT2D eigenvalue weighted by Crippen LogP contribution is 2.36. The van der Waals surface area contributed by atoms with E-state index in [9.17, 15) is 34.5 Å². The van der Waals surface area contributed by atoms with Crippen LogP contribution < -0.4 is 26.7 Å². The Kier molecular flexibility index (Phi) is 8.66. The van der Waals surface area contributed by atoms with Gasteiger partial charge in [-0.05, 0) is 48.7 Å². The van der Waals surface area contributed by atoms with Crippen molar-refractivity contribution in [3.8, 4) is 11.1 Å². The zero-order chi connectivity index (χ0) is 29.7. The highest BCUT2D eigenvalue weighted by molar-refractivity contribution is 6.11. The van der Waals surface area contributed by atoms with Gasteiger partial charge in [-0.1, -0.05) is 18.2 Å². The van der Waals surface area contributed by atoms with E-state index in [4.69, 9.17) is 4.42 Å². The number of carboxylic acids is 2. The summed E-state index contributed by atoms with van der Waals surface area (Å²) in [6, 6.07) is 13.0. The van der Waals surface area contributed by atoms with Crippen molar-refractivity contribution in [2.45, 2.75) is 19.3 Å². The molecule has 1 heterocycles. The smallest absolute Gasteiger partial charge is 0.336 e. The largest absolute Gasteiger partial charge is 0.511 e. The van der Waals surface area contributed by atoms with Crippen molar-refractivity contribution in [1.29, 1.82) is 0 Å². The van der Waals surface area contributed by atoms with Crippen molar-refractivity contribution in [2.24, 2.45) is 10.9 Å². The van der Waals surface area contributed by atoms with Gasteiger partial charge in [-0.2, -0.15) is 0 Å². The first kappa shape index (κ1) is 28.8. The monoisotopic (exact) mass is 559 g/mol. The van der Waals surface area contributed by atoms with Gasteiger partial charge in [-0.15, -0.1) is 0 Å². The molecule has 0 aliphatic heterocycles. The molecule has 41 heavy (non-hydrogen) atoms. The van der Waals surface area contributed by atoms with E-state index < -0.39 is 29.0 Å². The normalized spacial score (nSPS) is 13.2. The molecule has 4 aromatic rings. The lowest BCUT2D eigenvalue weighted by Crippen LogP contribution is -2.35. The van der Waals surface area contributed by atoms with E-state index in [1.165, 1.54) is 36.4 Å². The molecule has 1 aromatic heterocycles. The third-order valence-electron chi connectivity index (χ3n) is 6.81. The summed E-state index contributed by atoms with van der Waals surface area (Å²) < 4.78 is 6.01. The number of carboxylic acid groups (broad SMARTS) is 2. The van der Waals surface area contributed by atoms with Crippen molar-refractivity contribution >= 4 is 45.6 Å². The number of rotatable bonds is 9. The van der Waals surface area contributed by atoms with Gasteiger partial charge in [0.25, 0.3) is 0 Å². The summed E-state index contributed by atoms with van der Waals surface area (Å²) in [6.07, 6.45) is 0.297. The molecule has 0 fully saturated rings. The Balaban J connectivity index is 1.90. The molecule has 5 N–H and O–H groups in total. The summed E-state index contributed by atoms with van der Waals surface area (Å²) in [5.41, 5.74) is -0.279. The SMILES string of the molecule is CN=C(NC)NCCC[C@H](CC(O)=c1c(=O)ccc2c(-c3ccccc3C(=O)O)c3ccc(=O)cc3oc12)C(=O)O. The minimum absolute atomic E-state index is 0.0115. The Hall–Kier alpha value is -5.19. The Morgan fingerprint density at radius 2 is 1.73 bits per heavy atom. The average Bonchev–Trinajstić information content (AvgIpc) is 2.95. The number of aliphatic carboxylic acids is 1. The van der Waals surface area contributed by atoms with Crippen LogP contribution in [-0.4, -0.2) is 53.9 Å². The van der Waals surface area contributed by atoms with Crippen molar-refractivity contribution in [1.82, 2.24) is 10.6 Å². The van der Waals surface area contributed by atoms with E-state index in [-0.39, 0.29) is 40.2 Å². The van der Waals surface area contributed by atoms with Crippen molar-refractivity contribution in [3.63, 3.8) is 0 Å². The highest BCUT2D eigenvalue weighted by Gasteiger charge is 2.23. The maximum absolute atomic E-state index is 13.1. The number of aliphatic hydroxyl groups excluding tert-OH is 1. The fourth-order valence-corrected chi connectivity index (χ4v) is 4.85. The van der Waals surface area contributed by atoms with Crippen LogP contribution in [0, 0.1) is 5.92 Å². The second-order valence-corrected chi connectivity index (χ2v) is 9.38. The van der Waals surface area contributed by atoms with Gasteiger partial charge in [0, 0.05) is 49.5 Å². The number of aromatic carboxylic acids is 1. The number of hydrogen-bond donors (Lipinski definition) is 5. The van der Waals surface area contributed by atoms with Gasteiger partial charge in [0.05, 0.1) is 11.5 Å². The van der Waals surface area contributed by atoms with Crippen LogP contribution in [0.4, 0.5) is 0 Å². The van der Waals surface area contributed by atoms with Gasteiger partial charge < -0.3 is 30.4 Å². The first-order valence-corrected chi connectivity index (χ1v) is 12.9. The van der Waals surface area contributed by atoms with Crippen LogP contribution in [0.1, 0.15) is 29.6 Å². The molecule has 0 unspecified atom stereocenters. The maximum Gasteiger partial charge on any atom is 0.336 e. The minimum atomic E-state index is -1.18. The summed E-state index contributed by atoms with van der Waals surface area (Å²) >= 11 is 0.